The number of H-pyrrole nitrogens is 1. The van der Waals surface area contributed by atoms with E-state index in [1.165, 1.54) is 25.8 Å². The second-order valence-corrected chi connectivity index (χ2v) is 9.54. The van der Waals surface area contributed by atoms with Crippen molar-refractivity contribution in [2.45, 2.75) is 59.3 Å². The summed E-state index contributed by atoms with van der Waals surface area (Å²) in [6, 6.07) is 7.38. The number of aromatic amines is 1. The average Bonchev–Trinajstić information content (AvgIpc) is 3.40. The van der Waals surface area contributed by atoms with Crippen molar-refractivity contribution in [2.24, 2.45) is 0 Å². The van der Waals surface area contributed by atoms with Crippen LogP contribution in [0.15, 0.2) is 29.1 Å². The van der Waals surface area contributed by atoms with Crippen LogP contribution in [0.25, 0.3) is 10.2 Å². The van der Waals surface area contributed by atoms with E-state index in [1.807, 2.05) is 13.0 Å². The first-order chi connectivity index (χ1) is 14.8. The minimum absolute atomic E-state index is 0.0389. The number of carbonyl (C=O) groups is 1. The van der Waals surface area contributed by atoms with Gasteiger partial charge in [0.05, 0.1) is 21.8 Å². The largest absolute Gasteiger partial charge is 0.333 e. The molecule has 2 aliphatic rings. The molecule has 0 spiro atoms. The predicted octanol–water partition coefficient (Wildman–Crippen LogP) is 3.97. The Labute approximate surface area is 184 Å². The molecule has 8 heteroatoms. The Hall–Kier alpha value is -2.58. The van der Waals surface area contributed by atoms with Crippen molar-refractivity contribution in [3.05, 3.63) is 62.3 Å². The summed E-state index contributed by atoms with van der Waals surface area (Å²) < 4.78 is 15.0. The van der Waals surface area contributed by atoms with Crippen LogP contribution in [0.1, 0.15) is 48.5 Å². The Bertz CT molecular complexity index is 1170. The van der Waals surface area contributed by atoms with E-state index in [-0.39, 0.29) is 17.3 Å². The molecule has 5 rings (SSSR count). The maximum atomic E-state index is 14.1. The summed E-state index contributed by atoms with van der Waals surface area (Å²) in [6.45, 7) is 8.64. The highest BCUT2D eigenvalue weighted by atomic mass is 32.1. The van der Waals surface area contributed by atoms with Gasteiger partial charge in [0.2, 0.25) is 11.5 Å². The fraction of sp³-hybridized carbons (Fsp3) is 0.435. The smallest absolute Gasteiger partial charge is 0.248 e. The Morgan fingerprint density at radius 3 is 2.84 bits per heavy atom. The minimum atomic E-state index is -0.107. The number of nitrogens with one attached hydrogen (secondary N) is 1. The van der Waals surface area contributed by atoms with Crippen molar-refractivity contribution < 1.29 is 9.18 Å². The number of hydrogen-bond donors (Lipinski definition) is 1. The van der Waals surface area contributed by atoms with Crippen LogP contribution in [-0.4, -0.2) is 38.3 Å². The summed E-state index contributed by atoms with van der Waals surface area (Å²) in [7, 11) is 0. The number of halogens is 1. The van der Waals surface area contributed by atoms with Crippen LogP contribution in [0.5, 0.6) is 0 Å². The van der Waals surface area contributed by atoms with E-state index in [0.29, 0.717) is 25.7 Å². The van der Waals surface area contributed by atoms with Crippen LogP contribution < -0.4 is 5.56 Å². The molecule has 2 aliphatic heterocycles. The summed E-state index contributed by atoms with van der Waals surface area (Å²) in [4.78, 5) is 33.2. The molecular formula is C23H27FN4O2S. The molecule has 1 saturated heterocycles. The van der Waals surface area contributed by atoms with Crippen LogP contribution in [-0.2, 0) is 24.4 Å². The van der Waals surface area contributed by atoms with Crippen LogP contribution in [0, 0.1) is 12.7 Å². The molecule has 0 unspecified atom stereocenters. The molecular weight excluding hydrogens is 415 g/mol. The Kier molecular flexibility index (Phi) is 6.20. The Morgan fingerprint density at radius 1 is 1.32 bits per heavy atom. The first-order valence-electron chi connectivity index (χ1n) is 10.6. The molecule has 1 fully saturated rings. The van der Waals surface area contributed by atoms with E-state index in [0.717, 1.165) is 38.6 Å². The predicted molar refractivity (Wildman–Crippen MR) is 120 cm³/mol. The molecule has 0 bridgehead atoms. The van der Waals surface area contributed by atoms with E-state index in [2.05, 4.69) is 21.8 Å². The van der Waals surface area contributed by atoms with Crippen LogP contribution >= 0.6 is 11.3 Å². The second-order valence-electron chi connectivity index (χ2n) is 8.31. The first kappa shape index (κ1) is 21.6. The summed E-state index contributed by atoms with van der Waals surface area (Å²) in [5.41, 5.74) is 3.50. The van der Waals surface area contributed by atoms with Crippen molar-refractivity contribution in [3.8, 4) is 0 Å². The highest BCUT2D eigenvalue weighted by Gasteiger charge is 2.22. The fourth-order valence-corrected chi connectivity index (χ4v) is 5.02. The Balaban J connectivity index is 0.000000158. The van der Waals surface area contributed by atoms with Crippen molar-refractivity contribution in [2.75, 3.05) is 6.54 Å². The maximum Gasteiger partial charge on any atom is 0.248 e. The van der Waals surface area contributed by atoms with Gasteiger partial charge in [-0.2, -0.15) is 0 Å². The van der Waals surface area contributed by atoms with Gasteiger partial charge in [0.15, 0.2) is 0 Å². The van der Waals surface area contributed by atoms with Crippen LogP contribution in [0.4, 0.5) is 4.39 Å². The van der Waals surface area contributed by atoms with Gasteiger partial charge < -0.3 is 9.88 Å². The molecule has 164 valence electrons. The SMILES string of the molecule is CC(=O)N1Cc2ccc(=O)[nH]c2C1.Cc1nc2cc(CN3CCC[C@@H]3C)c(F)cc2s1. The molecule has 1 aromatic carbocycles. The molecule has 1 atom stereocenters. The summed E-state index contributed by atoms with van der Waals surface area (Å²) in [6.07, 6.45) is 2.44. The number of hydrogen-bond acceptors (Lipinski definition) is 5. The number of nitrogens with zero attached hydrogens (tertiary/aromatic N) is 3. The zero-order valence-electron chi connectivity index (χ0n) is 18.1. The normalized spacial score (nSPS) is 18.2. The number of rotatable bonds is 2. The number of fused-ring (bicyclic) bond motifs is 2. The molecule has 1 N–H and O–H groups in total. The highest BCUT2D eigenvalue weighted by Crippen LogP contribution is 2.27. The van der Waals surface area contributed by atoms with Gasteiger partial charge in [-0.25, -0.2) is 9.37 Å². The third kappa shape index (κ3) is 4.85. The monoisotopic (exact) mass is 442 g/mol. The van der Waals surface area contributed by atoms with Crippen LogP contribution in [0.2, 0.25) is 0 Å². The molecule has 4 heterocycles. The lowest BCUT2D eigenvalue weighted by Gasteiger charge is -2.21. The quantitative estimate of drug-likeness (QED) is 0.652. The van der Waals surface area contributed by atoms with Gasteiger partial charge in [0, 0.05) is 43.4 Å². The van der Waals surface area contributed by atoms with Gasteiger partial charge in [-0.1, -0.05) is 0 Å². The van der Waals surface area contributed by atoms with Crippen molar-refractivity contribution in [1.29, 1.82) is 0 Å². The third-order valence-electron chi connectivity index (χ3n) is 5.98. The van der Waals surface area contributed by atoms with Crippen molar-refractivity contribution in [1.82, 2.24) is 19.8 Å². The summed E-state index contributed by atoms with van der Waals surface area (Å²) in [5.74, 6) is -0.0534. The van der Waals surface area contributed by atoms with E-state index in [4.69, 9.17) is 0 Å². The highest BCUT2D eigenvalue weighted by molar-refractivity contribution is 7.18. The average molecular weight is 443 g/mol. The summed E-state index contributed by atoms with van der Waals surface area (Å²) in [5, 5.41) is 0.996. The molecule has 1 amide bonds. The number of aromatic nitrogens is 2. The first-order valence-corrected chi connectivity index (χ1v) is 11.4. The molecule has 3 aromatic rings. The minimum Gasteiger partial charge on any atom is -0.333 e. The summed E-state index contributed by atoms with van der Waals surface area (Å²) >= 11 is 1.55. The number of benzene rings is 1. The molecule has 6 nitrogen and oxygen atoms in total. The van der Waals surface area contributed by atoms with E-state index in [9.17, 15) is 14.0 Å². The number of aryl methyl sites for hydroxylation is 1. The lowest BCUT2D eigenvalue weighted by molar-refractivity contribution is -0.129. The number of likely N-dealkylation sites (tertiary alicyclic amines) is 1. The lowest BCUT2D eigenvalue weighted by Crippen LogP contribution is -2.26. The number of carbonyl (C=O) groups excluding carboxylic acids is 1. The number of amides is 1. The van der Waals surface area contributed by atoms with Gasteiger partial charge in [-0.3, -0.25) is 14.5 Å². The lowest BCUT2D eigenvalue weighted by atomic mass is 10.1. The molecule has 0 radical (unpaired) electrons. The molecule has 0 aliphatic carbocycles. The zero-order valence-corrected chi connectivity index (χ0v) is 18.9. The molecule has 2 aromatic heterocycles. The van der Waals surface area contributed by atoms with Crippen molar-refractivity contribution in [3.63, 3.8) is 0 Å². The van der Waals surface area contributed by atoms with Gasteiger partial charge in [-0.05, 0) is 57.0 Å². The topological polar surface area (TPSA) is 69.3 Å². The van der Waals surface area contributed by atoms with Gasteiger partial charge in [-0.15, -0.1) is 11.3 Å². The zero-order chi connectivity index (χ0) is 22.1. The van der Waals surface area contributed by atoms with Gasteiger partial charge in [0.25, 0.3) is 0 Å². The van der Waals surface area contributed by atoms with Crippen molar-refractivity contribution >= 4 is 27.5 Å². The Morgan fingerprint density at radius 2 is 2.13 bits per heavy atom. The van der Waals surface area contributed by atoms with Gasteiger partial charge in [0.1, 0.15) is 5.82 Å². The van der Waals surface area contributed by atoms with E-state index >= 15 is 0 Å². The number of pyridine rings is 1. The van der Waals surface area contributed by atoms with Crippen LogP contribution in [0.3, 0.4) is 0 Å². The van der Waals surface area contributed by atoms with E-state index < -0.39 is 0 Å². The fourth-order valence-electron chi connectivity index (χ4n) is 4.19. The molecule has 31 heavy (non-hydrogen) atoms. The second kappa shape index (κ2) is 8.88. The standard InChI is InChI=1S/C14H17FN2S.C9H10N2O2/c1-9-4-3-5-17(9)8-11-6-13-14(7-12(11)15)18-10(2)16-13;1-6(12)11-4-7-2-3-9(13)10-8(7)5-11/h6-7,9H,3-5,8H2,1-2H3;2-3H,4-5H2,1H3,(H,10,13)/t9-;/m0./s1. The third-order valence-corrected chi connectivity index (χ3v) is 6.91. The maximum absolute atomic E-state index is 14.1. The van der Waals surface area contributed by atoms with E-state index in [1.54, 1.807) is 28.4 Å². The van der Waals surface area contributed by atoms with Gasteiger partial charge >= 0.3 is 0 Å². The molecule has 0 saturated carbocycles. The number of thiazole rings is 1.